The number of para-hydroxylation sites is 1. The molecule has 0 saturated carbocycles. The highest BCUT2D eigenvalue weighted by atomic mass is 35.5. The molecule has 174 valence electrons. The molecule has 3 rings (SSSR count). The first-order valence-corrected chi connectivity index (χ1v) is 10.4. The minimum atomic E-state index is -0.951. The summed E-state index contributed by atoms with van der Waals surface area (Å²) in [6.07, 6.45) is 1.28. The van der Waals surface area contributed by atoms with Crippen LogP contribution in [0.15, 0.2) is 71.8 Å². The number of carbonyl (C=O) groups is 3. The molecule has 34 heavy (non-hydrogen) atoms. The zero-order valence-corrected chi connectivity index (χ0v) is 18.7. The number of benzene rings is 3. The summed E-state index contributed by atoms with van der Waals surface area (Å²) >= 11 is 5.70. The fourth-order valence-corrected chi connectivity index (χ4v) is 2.85. The van der Waals surface area contributed by atoms with Crippen molar-refractivity contribution in [2.45, 2.75) is 6.92 Å². The first-order valence-electron chi connectivity index (χ1n) is 9.99. The molecule has 0 spiro atoms. The molecule has 0 heterocycles. The highest BCUT2D eigenvalue weighted by Gasteiger charge is 2.13. The van der Waals surface area contributed by atoms with Crippen LogP contribution in [0.5, 0.6) is 5.75 Å². The van der Waals surface area contributed by atoms with Crippen molar-refractivity contribution in [3.8, 4) is 5.75 Å². The van der Waals surface area contributed by atoms with Gasteiger partial charge >= 0.3 is 11.8 Å². The molecule has 0 aliphatic rings. The Balaban J connectivity index is 1.53. The van der Waals surface area contributed by atoms with Gasteiger partial charge in [0.2, 0.25) is 0 Å². The molecule has 0 bridgehead atoms. The second kappa shape index (κ2) is 11.6. The van der Waals surface area contributed by atoms with Crippen molar-refractivity contribution in [3.63, 3.8) is 0 Å². The van der Waals surface area contributed by atoms with Crippen molar-refractivity contribution in [1.29, 1.82) is 0 Å². The molecule has 3 amide bonds. The summed E-state index contributed by atoms with van der Waals surface area (Å²) in [4.78, 5) is 36.1. The Morgan fingerprint density at radius 3 is 2.41 bits per heavy atom. The molecule has 0 aromatic heterocycles. The molecule has 3 aromatic carbocycles. The molecule has 0 saturated heterocycles. The zero-order chi connectivity index (χ0) is 24.5. The number of hydrogen-bond donors (Lipinski definition) is 3. The van der Waals surface area contributed by atoms with E-state index in [0.717, 1.165) is 11.6 Å². The lowest BCUT2D eigenvalue weighted by Crippen LogP contribution is -2.32. The molecular weight excluding hydrogens is 463 g/mol. The summed E-state index contributed by atoms with van der Waals surface area (Å²) in [6.45, 7) is 1.56. The zero-order valence-electron chi connectivity index (χ0n) is 18.0. The van der Waals surface area contributed by atoms with Crippen LogP contribution in [0.25, 0.3) is 0 Å². The molecule has 3 N–H and O–H groups in total. The van der Waals surface area contributed by atoms with Gasteiger partial charge < -0.3 is 15.4 Å². The normalized spacial score (nSPS) is 10.6. The van der Waals surface area contributed by atoms with Crippen LogP contribution in [0.2, 0.25) is 5.02 Å². The van der Waals surface area contributed by atoms with Crippen LogP contribution in [-0.4, -0.2) is 30.5 Å². The number of amides is 3. The lowest BCUT2D eigenvalue weighted by Gasteiger charge is -2.10. The highest BCUT2D eigenvalue weighted by molar-refractivity contribution is 6.39. The van der Waals surface area contributed by atoms with Gasteiger partial charge in [0.1, 0.15) is 11.6 Å². The number of carbonyl (C=O) groups excluding carboxylic acids is 3. The predicted molar refractivity (Wildman–Crippen MR) is 128 cm³/mol. The van der Waals surface area contributed by atoms with Crippen LogP contribution in [0.1, 0.15) is 11.1 Å². The lowest BCUT2D eigenvalue weighted by atomic mass is 10.2. The average molecular weight is 483 g/mol. The van der Waals surface area contributed by atoms with Crippen LogP contribution in [-0.2, 0) is 14.4 Å². The fraction of sp³-hybridized carbons (Fsp3) is 0.0833. The Morgan fingerprint density at radius 1 is 0.971 bits per heavy atom. The monoisotopic (exact) mass is 482 g/mol. The number of anilines is 2. The van der Waals surface area contributed by atoms with Gasteiger partial charge in [-0.2, -0.15) is 5.10 Å². The second-order valence-electron chi connectivity index (χ2n) is 7.02. The summed E-state index contributed by atoms with van der Waals surface area (Å²) in [5, 5.41) is 8.67. The third-order valence-electron chi connectivity index (χ3n) is 4.37. The van der Waals surface area contributed by atoms with Gasteiger partial charge in [0, 0.05) is 16.9 Å². The number of aryl methyl sites for hydroxylation is 1. The number of nitrogens with one attached hydrogen (secondary N) is 3. The third kappa shape index (κ3) is 7.14. The van der Waals surface area contributed by atoms with Gasteiger partial charge in [0.15, 0.2) is 6.61 Å². The summed E-state index contributed by atoms with van der Waals surface area (Å²) in [6, 6.07) is 17.4. The van der Waals surface area contributed by atoms with E-state index < -0.39 is 23.5 Å². The number of nitrogens with zero attached hydrogens (tertiary/aromatic N) is 1. The Hall–Kier alpha value is -4.24. The molecule has 0 fully saturated rings. The van der Waals surface area contributed by atoms with Gasteiger partial charge in [-0.05, 0) is 49.4 Å². The van der Waals surface area contributed by atoms with E-state index in [1.807, 2.05) is 6.92 Å². The van der Waals surface area contributed by atoms with Crippen molar-refractivity contribution < 1.29 is 23.5 Å². The van der Waals surface area contributed by atoms with Crippen LogP contribution in [0, 0.1) is 12.7 Å². The van der Waals surface area contributed by atoms with Crippen molar-refractivity contribution in [3.05, 3.63) is 88.7 Å². The standard InChI is InChI=1S/C24H20ClFN4O4/c1-15-6-8-17(9-7-15)29-23(32)24(33)30-27-13-16-4-2-3-5-21(16)34-14-22(31)28-18-10-11-20(26)19(25)12-18/h2-13H,14H2,1H3,(H,28,31)(H,29,32)(H,30,33)/b27-13-. The van der Waals surface area contributed by atoms with E-state index in [4.69, 9.17) is 16.3 Å². The minimum Gasteiger partial charge on any atom is -0.483 e. The van der Waals surface area contributed by atoms with Crippen LogP contribution in [0.3, 0.4) is 0 Å². The van der Waals surface area contributed by atoms with Gasteiger partial charge in [-0.3, -0.25) is 14.4 Å². The summed E-state index contributed by atoms with van der Waals surface area (Å²) < 4.78 is 18.7. The van der Waals surface area contributed by atoms with Crippen molar-refractivity contribution >= 4 is 46.9 Å². The molecular formula is C24H20ClFN4O4. The smallest absolute Gasteiger partial charge is 0.329 e. The lowest BCUT2D eigenvalue weighted by molar-refractivity contribution is -0.136. The maximum absolute atomic E-state index is 13.2. The van der Waals surface area contributed by atoms with E-state index in [1.54, 1.807) is 48.5 Å². The van der Waals surface area contributed by atoms with Gasteiger partial charge in [-0.1, -0.05) is 41.4 Å². The topological polar surface area (TPSA) is 109 Å². The molecule has 0 aliphatic heterocycles. The van der Waals surface area contributed by atoms with Crippen LogP contribution < -0.4 is 20.8 Å². The highest BCUT2D eigenvalue weighted by Crippen LogP contribution is 2.20. The van der Waals surface area contributed by atoms with E-state index in [1.165, 1.54) is 18.3 Å². The van der Waals surface area contributed by atoms with E-state index >= 15 is 0 Å². The quantitative estimate of drug-likeness (QED) is 0.269. The number of halogens is 2. The molecule has 0 aliphatic carbocycles. The van der Waals surface area contributed by atoms with Crippen LogP contribution in [0.4, 0.5) is 15.8 Å². The second-order valence-corrected chi connectivity index (χ2v) is 7.43. The summed E-state index contributed by atoms with van der Waals surface area (Å²) in [7, 11) is 0. The largest absolute Gasteiger partial charge is 0.483 e. The Bertz CT molecular complexity index is 1230. The molecule has 10 heteroatoms. The minimum absolute atomic E-state index is 0.116. The first kappa shape index (κ1) is 24.4. The fourth-order valence-electron chi connectivity index (χ4n) is 2.67. The van der Waals surface area contributed by atoms with E-state index in [0.29, 0.717) is 22.7 Å². The number of hydrazone groups is 1. The predicted octanol–water partition coefficient (Wildman–Crippen LogP) is 3.89. The van der Waals surface area contributed by atoms with Gasteiger partial charge in [-0.15, -0.1) is 0 Å². The molecule has 0 atom stereocenters. The summed E-state index contributed by atoms with van der Waals surface area (Å²) in [5.41, 5.74) is 4.42. The van der Waals surface area contributed by atoms with Crippen molar-refractivity contribution in [2.24, 2.45) is 5.10 Å². The van der Waals surface area contributed by atoms with E-state index in [2.05, 4.69) is 21.2 Å². The Kier molecular flexibility index (Phi) is 8.31. The maximum atomic E-state index is 13.2. The van der Waals surface area contributed by atoms with E-state index in [9.17, 15) is 18.8 Å². The maximum Gasteiger partial charge on any atom is 0.329 e. The Labute approximate surface area is 199 Å². The van der Waals surface area contributed by atoms with Gasteiger partial charge in [-0.25, -0.2) is 9.82 Å². The van der Waals surface area contributed by atoms with Crippen molar-refractivity contribution in [1.82, 2.24) is 5.43 Å². The van der Waals surface area contributed by atoms with Gasteiger partial charge in [0.25, 0.3) is 5.91 Å². The summed E-state index contributed by atoms with van der Waals surface area (Å²) in [5.74, 6) is -2.59. The van der Waals surface area contributed by atoms with Crippen LogP contribution >= 0.6 is 11.6 Å². The number of ether oxygens (including phenoxy) is 1. The Morgan fingerprint density at radius 2 is 1.68 bits per heavy atom. The van der Waals surface area contributed by atoms with E-state index in [-0.39, 0.29) is 11.6 Å². The SMILES string of the molecule is Cc1ccc(NC(=O)C(=O)N/N=C\c2ccccc2OCC(=O)Nc2ccc(F)c(Cl)c2)cc1. The number of rotatable bonds is 7. The molecule has 0 radical (unpaired) electrons. The average Bonchev–Trinajstić information content (AvgIpc) is 2.82. The molecule has 0 unspecified atom stereocenters. The third-order valence-corrected chi connectivity index (χ3v) is 4.66. The van der Waals surface area contributed by atoms with Crippen molar-refractivity contribution in [2.75, 3.05) is 17.2 Å². The van der Waals surface area contributed by atoms with Gasteiger partial charge in [0.05, 0.1) is 11.2 Å². The molecule has 8 nitrogen and oxygen atoms in total. The number of hydrogen-bond acceptors (Lipinski definition) is 5. The first-order chi connectivity index (χ1) is 16.3. The molecule has 3 aromatic rings.